The molecule has 3 aromatic rings. The highest BCUT2D eigenvalue weighted by Gasteiger charge is 2.17. The molecule has 0 aliphatic carbocycles. The largest absolute Gasteiger partial charge is 0.493 e. The lowest BCUT2D eigenvalue weighted by molar-refractivity contribution is 0.0682. The molecule has 0 aromatic heterocycles. The maximum absolute atomic E-state index is 12.6. The summed E-state index contributed by atoms with van der Waals surface area (Å²) in [7, 11) is 0. The van der Waals surface area contributed by atoms with Crippen LogP contribution in [0.2, 0.25) is 0 Å². The monoisotopic (exact) mass is 476 g/mol. The van der Waals surface area contributed by atoms with Crippen molar-refractivity contribution in [3.05, 3.63) is 90.0 Å². The van der Waals surface area contributed by atoms with Crippen LogP contribution in [-0.4, -0.2) is 36.9 Å². The van der Waals surface area contributed by atoms with E-state index in [0.717, 1.165) is 25.9 Å². The van der Waals surface area contributed by atoms with Crippen LogP contribution in [0.5, 0.6) is 11.5 Å². The van der Waals surface area contributed by atoms with Gasteiger partial charge in [-0.25, -0.2) is 0 Å². The normalized spacial score (nSPS) is 14.9. The summed E-state index contributed by atoms with van der Waals surface area (Å²) in [6, 6.07) is 24.6. The van der Waals surface area contributed by atoms with Crippen molar-refractivity contribution in [2.45, 2.75) is 25.4 Å². The minimum Gasteiger partial charge on any atom is -0.493 e. The number of carbonyl (C=O) groups is 1. The summed E-state index contributed by atoms with van der Waals surface area (Å²) in [5.41, 5.74) is 2.40. The van der Waals surface area contributed by atoms with Crippen molar-refractivity contribution < 1.29 is 19.0 Å². The number of rotatable bonds is 9. The Bertz CT molecular complexity index is 1080. The predicted octanol–water partition coefficient (Wildman–Crippen LogP) is 4.99. The third kappa shape index (κ3) is 7.04. The second-order valence-electron chi connectivity index (χ2n) is 7.96. The molecule has 1 heterocycles. The van der Waals surface area contributed by atoms with E-state index in [0.29, 0.717) is 36.0 Å². The van der Waals surface area contributed by atoms with Gasteiger partial charge in [0.2, 0.25) is 0 Å². The minimum absolute atomic E-state index is 0.116. The Labute approximate surface area is 205 Å². The fraction of sp³-hybridized carbons (Fsp3) is 0.259. The number of hydrogen-bond donors (Lipinski definition) is 2. The van der Waals surface area contributed by atoms with E-state index < -0.39 is 0 Å². The summed E-state index contributed by atoms with van der Waals surface area (Å²) in [4.78, 5) is 12.6. The van der Waals surface area contributed by atoms with Gasteiger partial charge in [0.1, 0.15) is 18.1 Å². The fourth-order valence-electron chi connectivity index (χ4n) is 3.62. The van der Waals surface area contributed by atoms with E-state index >= 15 is 0 Å². The Morgan fingerprint density at radius 2 is 1.74 bits per heavy atom. The Balaban J connectivity index is 1.25. The third-order valence-corrected chi connectivity index (χ3v) is 5.63. The van der Waals surface area contributed by atoms with Crippen LogP contribution < -0.4 is 20.1 Å². The smallest absolute Gasteiger partial charge is 0.257 e. The summed E-state index contributed by atoms with van der Waals surface area (Å²) >= 11 is 5.34. The zero-order valence-corrected chi connectivity index (χ0v) is 19.7. The quantitative estimate of drug-likeness (QED) is 0.424. The van der Waals surface area contributed by atoms with Crippen LogP contribution in [0.25, 0.3) is 0 Å². The van der Waals surface area contributed by atoms with E-state index in [1.54, 1.807) is 24.3 Å². The van der Waals surface area contributed by atoms with Gasteiger partial charge in [0, 0.05) is 18.6 Å². The Morgan fingerprint density at radius 3 is 2.50 bits per heavy atom. The van der Waals surface area contributed by atoms with Crippen molar-refractivity contribution in [3.8, 4) is 11.5 Å². The number of ether oxygens (including phenoxy) is 3. The number of thiocarbonyl (C=S) groups is 1. The lowest BCUT2D eigenvalue weighted by Crippen LogP contribution is -2.34. The molecule has 1 amide bonds. The second-order valence-corrected chi connectivity index (χ2v) is 8.37. The fourth-order valence-corrected chi connectivity index (χ4v) is 3.82. The average molecular weight is 477 g/mol. The van der Waals surface area contributed by atoms with Gasteiger partial charge in [-0.3, -0.25) is 10.1 Å². The SMILES string of the molecule is O=C(NC(=S)Nc1ccccc1OCC1CCCO1)c1ccc(OCCc2ccccc2)cc1. The summed E-state index contributed by atoms with van der Waals surface area (Å²) in [6.45, 7) is 1.83. The van der Waals surface area contributed by atoms with E-state index in [4.69, 9.17) is 26.4 Å². The highest BCUT2D eigenvalue weighted by molar-refractivity contribution is 7.80. The van der Waals surface area contributed by atoms with Crippen LogP contribution in [0.4, 0.5) is 5.69 Å². The van der Waals surface area contributed by atoms with Gasteiger partial charge in [-0.15, -0.1) is 0 Å². The zero-order chi connectivity index (χ0) is 23.6. The second kappa shape index (κ2) is 12.2. The molecular formula is C27H28N2O4S. The lowest BCUT2D eigenvalue weighted by atomic mass is 10.2. The first-order chi connectivity index (χ1) is 16.7. The first kappa shape index (κ1) is 23.7. The van der Waals surface area contributed by atoms with Crippen LogP contribution >= 0.6 is 12.2 Å². The van der Waals surface area contributed by atoms with Gasteiger partial charge in [0.15, 0.2) is 5.11 Å². The summed E-state index contributed by atoms with van der Waals surface area (Å²) in [6.07, 6.45) is 3.00. The molecular weight excluding hydrogens is 448 g/mol. The molecule has 6 nitrogen and oxygen atoms in total. The van der Waals surface area contributed by atoms with Gasteiger partial charge >= 0.3 is 0 Å². The topological polar surface area (TPSA) is 68.8 Å². The Hall–Kier alpha value is -3.42. The number of nitrogens with one attached hydrogen (secondary N) is 2. The van der Waals surface area contributed by atoms with Crippen LogP contribution in [0.1, 0.15) is 28.8 Å². The number of carbonyl (C=O) groups excluding carboxylic acids is 1. The van der Waals surface area contributed by atoms with Crippen LogP contribution in [0.3, 0.4) is 0 Å². The average Bonchev–Trinajstić information content (AvgIpc) is 3.38. The van der Waals surface area contributed by atoms with Crippen molar-refractivity contribution in [1.29, 1.82) is 0 Å². The molecule has 0 saturated carbocycles. The highest BCUT2D eigenvalue weighted by atomic mass is 32.1. The summed E-state index contributed by atoms with van der Waals surface area (Å²) in [5.74, 6) is 1.07. The molecule has 1 saturated heterocycles. The molecule has 0 bridgehead atoms. The number of benzene rings is 3. The number of hydrogen-bond acceptors (Lipinski definition) is 5. The van der Waals surface area contributed by atoms with Gasteiger partial charge < -0.3 is 19.5 Å². The number of para-hydroxylation sites is 2. The molecule has 1 aliphatic rings. The molecule has 176 valence electrons. The van der Waals surface area contributed by atoms with E-state index in [1.165, 1.54) is 5.56 Å². The highest BCUT2D eigenvalue weighted by Crippen LogP contribution is 2.25. The molecule has 1 atom stereocenters. The van der Waals surface area contributed by atoms with Crippen molar-refractivity contribution in [3.63, 3.8) is 0 Å². The zero-order valence-electron chi connectivity index (χ0n) is 18.9. The molecule has 7 heteroatoms. The first-order valence-electron chi connectivity index (χ1n) is 11.4. The standard InChI is InChI=1S/C27H28N2O4S/c30-26(21-12-14-22(15-13-21)32-18-16-20-7-2-1-3-8-20)29-27(34)28-24-10-4-5-11-25(24)33-19-23-9-6-17-31-23/h1-5,7-8,10-15,23H,6,9,16-19H2,(H2,28,29,30,34). The Kier molecular flexibility index (Phi) is 8.48. The van der Waals surface area contributed by atoms with Crippen LogP contribution in [0.15, 0.2) is 78.9 Å². The van der Waals surface area contributed by atoms with E-state index in [2.05, 4.69) is 22.8 Å². The molecule has 0 radical (unpaired) electrons. The van der Waals surface area contributed by atoms with E-state index in [-0.39, 0.29) is 17.1 Å². The van der Waals surface area contributed by atoms with Crippen LogP contribution in [0, 0.1) is 0 Å². The van der Waals surface area contributed by atoms with Gasteiger partial charge in [0.05, 0.1) is 18.4 Å². The van der Waals surface area contributed by atoms with Crippen molar-refractivity contribution in [1.82, 2.24) is 5.32 Å². The molecule has 3 aromatic carbocycles. The van der Waals surface area contributed by atoms with Gasteiger partial charge in [-0.05, 0) is 67.0 Å². The maximum atomic E-state index is 12.6. The van der Waals surface area contributed by atoms with Gasteiger partial charge in [-0.2, -0.15) is 0 Å². The predicted molar refractivity (Wildman–Crippen MR) is 137 cm³/mol. The van der Waals surface area contributed by atoms with Gasteiger partial charge in [-0.1, -0.05) is 42.5 Å². The molecule has 2 N–H and O–H groups in total. The number of amides is 1. The van der Waals surface area contributed by atoms with E-state index in [1.807, 2.05) is 42.5 Å². The van der Waals surface area contributed by atoms with Crippen LogP contribution in [-0.2, 0) is 11.2 Å². The van der Waals surface area contributed by atoms with E-state index in [9.17, 15) is 4.79 Å². The molecule has 1 fully saturated rings. The van der Waals surface area contributed by atoms with Crippen molar-refractivity contribution >= 4 is 28.9 Å². The van der Waals surface area contributed by atoms with Gasteiger partial charge in [0.25, 0.3) is 5.91 Å². The summed E-state index contributed by atoms with van der Waals surface area (Å²) < 4.78 is 17.3. The molecule has 1 unspecified atom stereocenters. The summed E-state index contributed by atoms with van der Waals surface area (Å²) in [5, 5.41) is 5.96. The van der Waals surface area contributed by atoms with Crippen molar-refractivity contribution in [2.24, 2.45) is 0 Å². The van der Waals surface area contributed by atoms with Crippen molar-refractivity contribution in [2.75, 3.05) is 25.1 Å². The number of anilines is 1. The first-order valence-corrected chi connectivity index (χ1v) is 11.8. The third-order valence-electron chi connectivity index (χ3n) is 5.43. The molecule has 0 spiro atoms. The molecule has 4 rings (SSSR count). The Morgan fingerprint density at radius 1 is 0.971 bits per heavy atom. The maximum Gasteiger partial charge on any atom is 0.257 e. The minimum atomic E-state index is -0.300. The molecule has 1 aliphatic heterocycles. The molecule has 34 heavy (non-hydrogen) atoms. The lowest BCUT2D eigenvalue weighted by Gasteiger charge is -2.16.